The first-order chi connectivity index (χ1) is 18.8. The number of hydrogen-bond donors (Lipinski definition) is 2. The Bertz CT molecular complexity index is 1350. The highest BCUT2D eigenvalue weighted by Crippen LogP contribution is 2.31. The van der Waals surface area contributed by atoms with E-state index in [4.69, 9.17) is 0 Å². The van der Waals surface area contributed by atoms with E-state index < -0.39 is 29.5 Å². The van der Waals surface area contributed by atoms with Gasteiger partial charge in [0.1, 0.15) is 6.04 Å². The molecular weight excluding hydrogens is 507 g/mol. The molecule has 1 amide bonds. The summed E-state index contributed by atoms with van der Waals surface area (Å²) in [7, 11) is 0. The topological polar surface area (TPSA) is 76.6 Å². The summed E-state index contributed by atoms with van der Waals surface area (Å²) in [6, 6.07) is 9.34. The van der Waals surface area contributed by atoms with Crippen LogP contribution >= 0.6 is 0 Å². The van der Waals surface area contributed by atoms with Crippen LogP contribution in [0, 0.1) is 29.3 Å². The monoisotopic (exact) mass is 539 g/mol. The van der Waals surface area contributed by atoms with Gasteiger partial charge < -0.3 is 15.0 Å². The molecule has 1 unspecified atom stereocenters. The lowest BCUT2D eigenvalue weighted by atomic mass is 9.85. The summed E-state index contributed by atoms with van der Waals surface area (Å²) in [5.74, 6) is -4.90. The van der Waals surface area contributed by atoms with Gasteiger partial charge in [-0.2, -0.15) is 0 Å². The van der Waals surface area contributed by atoms with Crippen LogP contribution in [-0.2, 0) is 16.0 Å². The summed E-state index contributed by atoms with van der Waals surface area (Å²) < 4.78 is 40.0. The number of aromatic amines is 1. The maximum Gasteiger partial charge on any atom is 0.321 e. The fraction of sp³-hybridized carbons (Fsp3) is 0.400. The van der Waals surface area contributed by atoms with Crippen LogP contribution < -0.4 is 0 Å². The molecule has 2 fully saturated rings. The van der Waals surface area contributed by atoms with Crippen molar-refractivity contribution in [1.29, 1.82) is 0 Å². The number of carbonyl (C=O) groups is 2. The van der Waals surface area contributed by atoms with Gasteiger partial charge in [0.2, 0.25) is 5.91 Å². The molecule has 0 saturated carbocycles. The van der Waals surface area contributed by atoms with Crippen molar-refractivity contribution < 1.29 is 27.9 Å². The third-order valence-corrected chi connectivity index (χ3v) is 8.20. The van der Waals surface area contributed by atoms with Gasteiger partial charge in [0.05, 0.1) is 0 Å². The Kier molecular flexibility index (Phi) is 8.07. The molecular formula is C30H32F3N3O3. The summed E-state index contributed by atoms with van der Waals surface area (Å²) in [5.41, 5.74) is 2.49. The van der Waals surface area contributed by atoms with Crippen molar-refractivity contribution in [2.45, 2.75) is 38.1 Å². The van der Waals surface area contributed by atoms with E-state index in [0.717, 1.165) is 50.0 Å². The summed E-state index contributed by atoms with van der Waals surface area (Å²) in [5, 5.41) is 11.3. The Hall–Kier alpha value is -3.59. The minimum atomic E-state index is -1.55. The quantitative estimate of drug-likeness (QED) is 0.318. The molecule has 2 N–H and O–H groups in total. The number of carboxylic acid groups (broad SMARTS) is 1. The van der Waals surface area contributed by atoms with Gasteiger partial charge in [-0.3, -0.25) is 14.5 Å². The van der Waals surface area contributed by atoms with Crippen LogP contribution in [-0.4, -0.2) is 64.0 Å². The van der Waals surface area contributed by atoms with Gasteiger partial charge in [0, 0.05) is 36.3 Å². The zero-order valence-corrected chi connectivity index (χ0v) is 21.6. The lowest BCUT2D eigenvalue weighted by molar-refractivity contribution is -0.147. The number of aromatic nitrogens is 1. The van der Waals surface area contributed by atoms with Crippen molar-refractivity contribution in [3.05, 3.63) is 77.2 Å². The van der Waals surface area contributed by atoms with Crippen molar-refractivity contribution in [2.24, 2.45) is 11.8 Å². The molecule has 2 saturated heterocycles. The maximum absolute atomic E-state index is 13.4. The molecule has 5 rings (SSSR count). The van der Waals surface area contributed by atoms with Crippen LogP contribution in [0.25, 0.3) is 17.0 Å². The number of nitrogens with one attached hydrogen (secondary N) is 1. The van der Waals surface area contributed by atoms with Crippen LogP contribution in [0.1, 0.15) is 36.8 Å². The number of carbonyl (C=O) groups excluding carboxylic acids is 1. The molecule has 39 heavy (non-hydrogen) atoms. The molecule has 2 aromatic carbocycles. The average Bonchev–Trinajstić information content (AvgIpc) is 3.34. The second-order valence-corrected chi connectivity index (χ2v) is 10.6. The summed E-state index contributed by atoms with van der Waals surface area (Å²) in [4.78, 5) is 32.0. The van der Waals surface area contributed by atoms with E-state index in [1.165, 1.54) is 23.1 Å². The second kappa shape index (κ2) is 11.7. The van der Waals surface area contributed by atoms with E-state index in [2.05, 4.69) is 28.2 Å². The van der Waals surface area contributed by atoms with Crippen molar-refractivity contribution in [2.75, 3.05) is 26.2 Å². The Morgan fingerprint density at radius 1 is 1.00 bits per heavy atom. The zero-order chi connectivity index (χ0) is 27.5. The zero-order valence-electron chi connectivity index (χ0n) is 21.6. The molecule has 3 heterocycles. The van der Waals surface area contributed by atoms with Gasteiger partial charge in [0.25, 0.3) is 0 Å². The summed E-state index contributed by atoms with van der Waals surface area (Å²) >= 11 is 0. The van der Waals surface area contributed by atoms with Crippen LogP contribution in [0.2, 0.25) is 0 Å². The third-order valence-electron chi connectivity index (χ3n) is 8.20. The van der Waals surface area contributed by atoms with Crippen molar-refractivity contribution >= 4 is 28.9 Å². The first-order valence-electron chi connectivity index (χ1n) is 13.4. The largest absolute Gasteiger partial charge is 0.480 e. The van der Waals surface area contributed by atoms with Gasteiger partial charge in [-0.1, -0.05) is 18.2 Å². The van der Waals surface area contributed by atoms with E-state index in [1.807, 2.05) is 12.1 Å². The number of carboxylic acids is 1. The minimum Gasteiger partial charge on any atom is -0.480 e. The van der Waals surface area contributed by atoms with E-state index in [1.54, 1.807) is 4.90 Å². The first-order valence-corrected chi connectivity index (χ1v) is 13.4. The van der Waals surface area contributed by atoms with Crippen molar-refractivity contribution in [1.82, 2.24) is 14.8 Å². The Morgan fingerprint density at radius 2 is 1.67 bits per heavy atom. The number of nitrogens with zero attached hydrogens (tertiary/aromatic N) is 2. The lowest BCUT2D eigenvalue weighted by Gasteiger charge is -2.41. The van der Waals surface area contributed by atoms with Gasteiger partial charge in [0.15, 0.2) is 17.5 Å². The highest BCUT2D eigenvalue weighted by Gasteiger charge is 2.38. The standard InChI is InChI=1S/C30H32F3N3O3/c31-24-16-20(17-25(32)28(24)33)5-6-27(37)35-13-9-21(10-14-35)29(30(38)39)36-11-7-19(8-12-36)15-22-18-34-26-4-2-1-3-23(22)26/h1-6,16-19,21,29,34H,7-15H2,(H,38,39). The molecule has 1 atom stereocenters. The molecule has 2 aliphatic heterocycles. The number of rotatable bonds is 7. The highest BCUT2D eigenvalue weighted by atomic mass is 19.2. The second-order valence-electron chi connectivity index (χ2n) is 10.6. The van der Waals surface area contributed by atoms with Gasteiger partial charge >= 0.3 is 5.97 Å². The number of amides is 1. The molecule has 0 aliphatic carbocycles. The van der Waals surface area contributed by atoms with Gasteiger partial charge in [-0.25, -0.2) is 13.2 Å². The fourth-order valence-corrected chi connectivity index (χ4v) is 6.08. The number of hydrogen-bond acceptors (Lipinski definition) is 3. The fourth-order valence-electron chi connectivity index (χ4n) is 6.08. The summed E-state index contributed by atoms with van der Waals surface area (Å²) in [6.07, 6.45) is 8.52. The predicted octanol–water partition coefficient (Wildman–Crippen LogP) is 5.24. The van der Waals surface area contributed by atoms with E-state index in [-0.39, 0.29) is 17.4 Å². The Labute approximate surface area is 225 Å². The third kappa shape index (κ3) is 6.03. The number of halogens is 3. The normalized spacial score (nSPS) is 18.7. The molecule has 206 valence electrons. The van der Waals surface area contributed by atoms with Gasteiger partial charge in [-0.15, -0.1) is 0 Å². The van der Waals surface area contributed by atoms with Crippen LogP contribution in [0.3, 0.4) is 0 Å². The number of piperidine rings is 2. The Morgan fingerprint density at radius 3 is 2.33 bits per heavy atom. The molecule has 6 nitrogen and oxygen atoms in total. The molecule has 1 aromatic heterocycles. The summed E-state index contributed by atoms with van der Waals surface area (Å²) in [6.45, 7) is 2.27. The highest BCUT2D eigenvalue weighted by molar-refractivity contribution is 5.91. The Balaban J connectivity index is 1.13. The first kappa shape index (κ1) is 27.0. The number of aliphatic carboxylic acids is 1. The minimum absolute atomic E-state index is 0.0497. The number of H-pyrrole nitrogens is 1. The predicted molar refractivity (Wildman–Crippen MR) is 142 cm³/mol. The van der Waals surface area contributed by atoms with Crippen molar-refractivity contribution in [3.8, 4) is 0 Å². The van der Waals surface area contributed by atoms with E-state index >= 15 is 0 Å². The molecule has 2 aliphatic rings. The molecule has 0 radical (unpaired) electrons. The van der Waals surface area contributed by atoms with Crippen LogP contribution in [0.15, 0.2) is 48.7 Å². The number of fused-ring (bicyclic) bond motifs is 1. The van der Waals surface area contributed by atoms with Crippen molar-refractivity contribution in [3.63, 3.8) is 0 Å². The molecule has 3 aromatic rings. The number of likely N-dealkylation sites (tertiary alicyclic amines) is 2. The van der Waals surface area contributed by atoms with E-state index in [0.29, 0.717) is 31.8 Å². The van der Waals surface area contributed by atoms with Crippen LogP contribution in [0.4, 0.5) is 13.2 Å². The van der Waals surface area contributed by atoms with E-state index in [9.17, 15) is 27.9 Å². The smallest absolute Gasteiger partial charge is 0.321 e. The SMILES string of the molecule is O=C(O)C(C1CCN(C(=O)C=Cc2cc(F)c(F)c(F)c2)CC1)N1CCC(Cc2c[nH]c3ccccc23)CC1. The molecule has 9 heteroatoms. The lowest BCUT2D eigenvalue weighted by Crippen LogP contribution is -2.52. The van der Waals surface area contributed by atoms with Gasteiger partial charge in [-0.05, 0) is 92.4 Å². The number of benzene rings is 2. The van der Waals surface area contributed by atoms with Crippen LogP contribution in [0.5, 0.6) is 0 Å². The molecule has 0 spiro atoms. The number of para-hydroxylation sites is 1. The average molecular weight is 540 g/mol. The molecule has 0 bridgehead atoms. The maximum atomic E-state index is 13.4.